The molecule has 7 aromatic carbocycles. The van der Waals surface area contributed by atoms with Crippen LogP contribution in [0.3, 0.4) is 0 Å². The summed E-state index contributed by atoms with van der Waals surface area (Å²) in [6.45, 7) is 0. The molecule has 0 amide bonds. The lowest BCUT2D eigenvalue weighted by atomic mass is 10.0. The van der Waals surface area contributed by atoms with Crippen LogP contribution in [0.15, 0.2) is 173 Å². The van der Waals surface area contributed by atoms with E-state index in [2.05, 4.69) is 97.1 Å². The zero-order valence-corrected chi connectivity index (χ0v) is 26.7. The quantitative estimate of drug-likeness (QED) is 0.187. The fraction of sp³-hybridized carbons (Fsp3) is 0. The first kappa shape index (κ1) is 28.2. The van der Waals surface area contributed by atoms with Crippen molar-refractivity contribution in [2.75, 3.05) is 0 Å². The number of hydrogen-bond acceptors (Lipinski definition) is 5. The second kappa shape index (κ2) is 11.4. The zero-order valence-electron chi connectivity index (χ0n) is 26.7. The topological polar surface area (TPSA) is 65.0 Å². The van der Waals surface area contributed by atoms with Crippen molar-refractivity contribution in [2.45, 2.75) is 0 Å². The molecule has 0 unspecified atom stereocenters. The van der Waals surface area contributed by atoms with Gasteiger partial charge in [0, 0.05) is 32.7 Å². The SMILES string of the molecule is c1ccc(-c2ccc(-c3nc(-c4ccc5c(c4)oc4ccc(-c6ccccc6)cc45)nc(-c4cccc5c4oc4ccccc45)n3)cc2)cc1. The Morgan fingerprint density at radius 3 is 1.66 bits per heavy atom. The van der Waals surface area contributed by atoms with Gasteiger partial charge in [-0.05, 0) is 58.7 Å². The molecule has 0 atom stereocenters. The van der Waals surface area contributed by atoms with Gasteiger partial charge in [-0.25, -0.2) is 15.0 Å². The van der Waals surface area contributed by atoms with Gasteiger partial charge in [0.05, 0.1) is 5.56 Å². The van der Waals surface area contributed by atoms with Gasteiger partial charge in [-0.1, -0.05) is 127 Å². The van der Waals surface area contributed by atoms with Crippen LogP contribution < -0.4 is 0 Å². The molecule has 0 aliphatic heterocycles. The molecule has 3 aromatic heterocycles. The van der Waals surface area contributed by atoms with Crippen molar-refractivity contribution in [1.82, 2.24) is 15.0 Å². The smallest absolute Gasteiger partial charge is 0.167 e. The standard InChI is InChI=1S/C45H27N3O2/c1-3-10-28(11-4-1)30-18-20-31(21-19-30)43-46-44(48-45(47-43)37-16-9-15-36-34-14-7-8-17-39(34)50-42(36)37)33-22-24-35-38-26-32(29-12-5-2-6-13-29)23-25-40(38)49-41(35)27-33/h1-27H. The minimum atomic E-state index is 0.541. The zero-order chi connectivity index (χ0) is 33.0. The lowest BCUT2D eigenvalue weighted by molar-refractivity contribution is 0.668. The van der Waals surface area contributed by atoms with E-state index in [9.17, 15) is 0 Å². The second-order valence-corrected chi connectivity index (χ2v) is 12.4. The van der Waals surface area contributed by atoms with Crippen LogP contribution in [0, 0.1) is 0 Å². The average molecular weight is 642 g/mol. The Balaban J connectivity index is 1.13. The fourth-order valence-corrected chi connectivity index (χ4v) is 6.85. The van der Waals surface area contributed by atoms with Crippen LogP contribution in [-0.4, -0.2) is 15.0 Å². The van der Waals surface area contributed by atoms with Crippen molar-refractivity contribution < 1.29 is 8.83 Å². The third kappa shape index (κ3) is 4.75. The largest absolute Gasteiger partial charge is 0.456 e. The van der Waals surface area contributed by atoms with Crippen LogP contribution in [0.1, 0.15) is 0 Å². The monoisotopic (exact) mass is 641 g/mol. The summed E-state index contributed by atoms with van der Waals surface area (Å²) in [5.41, 5.74) is 10.3. The van der Waals surface area contributed by atoms with Crippen LogP contribution in [-0.2, 0) is 0 Å². The summed E-state index contributed by atoms with van der Waals surface area (Å²) >= 11 is 0. The Labute approximate surface area is 287 Å². The molecular formula is C45H27N3O2. The molecule has 0 aliphatic rings. The highest BCUT2D eigenvalue weighted by molar-refractivity contribution is 6.09. The fourth-order valence-electron chi connectivity index (χ4n) is 6.85. The van der Waals surface area contributed by atoms with E-state index in [1.165, 1.54) is 5.56 Å². The molecule has 0 N–H and O–H groups in total. The summed E-state index contributed by atoms with van der Waals surface area (Å²) in [6.07, 6.45) is 0. The Hall–Kier alpha value is -6.85. The van der Waals surface area contributed by atoms with Crippen molar-refractivity contribution in [3.63, 3.8) is 0 Å². The summed E-state index contributed by atoms with van der Waals surface area (Å²) in [5, 5.41) is 4.19. The lowest BCUT2D eigenvalue weighted by Crippen LogP contribution is -2.00. The first-order valence-electron chi connectivity index (χ1n) is 16.6. The molecule has 5 nitrogen and oxygen atoms in total. The summed E-state index contributed by atoms with van der Waals surface area (Å²) in [4.78, 5) is 15.2. The van der Waals surface area contributed by atoms with Crippen molar-refractivity contribution >= 4 is 43.9 Å². The molecular weight excluding hydrogens is 615 g/mol. The molecule has 10 rings (SSSR count). The molecule has 0 saturated heterocycles. The molecule has 234 valence electrons. The number of hydrogen-bond donors (Lipinski definition) is 0. The first-order valence-corrected chi connectivity index (χ1v) is 16.6. The molecule has 0 saturated carbocycles. The third-order valence-electron chi connectivity index (χ3n) is 9.37. The number of aromatic nitrogens is 3. The predicted octanol–water partition coefficient (Wildman–Crippen LogP) is 12.0. The third-order valence-corrected chi connectivity index (χ3v) is 9.37. The van der Waals surface area contributed by atoms with Gasteiger partial charge < -0.3 is 8.83 Å². The van der Waals surface area contributed by atoms with Gasteiger partial charge in [0.25, 0.3) is 0 Å². The molecule has 5 heteroatoms. The van der Waals surface area contributed by atoms with Crippen LogP contribution in [0.2, 0.25) is 0 Å². The van der Waals surface area contributed by atoms with Gasteiger partial charge >= 0.3 is 0 Å². The highest BCUT2D eigenvalue weighted by atomic mass is 16.3. The van der Waals surface area contributed by atoms with Gasteiger partial charge in [-0.2, -0.15) is 0 Å². The van der Waals surface area contributed by atoms with E-state index in [4.69, 9.17) is 23.8 Å². The summed E-state index contributed by atoms with van der Waals surface area (Å²) < 4.78 is 12.8. The van der Waals surface area contributed by atoms with E-state index in [1.807, 2.05) is 66.7 Å². The van der Waals surface area contributed by atoms with Crippen molar-refractivity contribution in [2.24, 2.45) is 0 Å². The Kier molecular flexibility index (Phi) is 6.42. The normalized spacial score (nSPS) is 11.6. The molecule has 50 heavy (non-hydrogen) atoms. The number of rotatable bonds is 5. The van der Waals surface area contributed by atoms with Crippen molar-refractivity contribution in [1.29, 1.82) is 0 Å². The Morgan fingerprint density at radius 2 is 0.860 bits per heavy atom. The van der Waals surface area contributed by atoms with Gasteiger partial charge in [0.2, 0.25) is 0 Å². The van der Waals surface area contributed by atoms with E-state index in [-0.39, 0.29) is 0 Å². The Bertz CT molecular complexity index is 2850. The van der Waals surface area contributed by atoms with Gasteiger partial charge in [-0.15, -0.1) is 0 Å². The van der Waals surface area contributed by atoms with Crippen molar-refractivity contribution in [3.8, 4) is 56.4 Å². The molecule has 0 fully saturated rings. The molecule has 0 bridgehead atoms. The van der Waals surface area contributed by atoms with E-state index in [0.717, 1.165) is 77.3 Å². The minimum Gasteiger partial charge on any atom is -0.456 e. The number of fused-ring (bicyclic) bond motifs is 6. The molecule has 0 spiro atoms. The average Bonchev–Trinajstić information content (AvgIpc) is 3.76. The van der Waals surface area contributed by atoms with Crippen molar-refractivity contribution in [3.05, 3.63) is 164 Å². The maximum Gasteiger partial charge on any atom is 0.167 e. The predicted molar refractivity (Wildman–Crippen MR) is 202 cm³/mol. The highest BCUT2D eigenvalue weighted by Gasteiger charge is 2.19. The van der Waals surface area contributed by atoms with Gasteiger partial charge in [0.1, 0.15) is 22.3 Å². The number of furan rings is 2. The van der Waals surface area contributed by atoms with Crippen LogP contribution in [0.25, 0.3) is 100 Å². The second-order valence-electron chi connectivity index (χ2n) is 12.4. The van der Waals surface area contributed by atoms with E-state index < -0.39 is 0 Å². The number of nitrogens with zero attached hydrogens (tertiary/aromatic N) is 3. The van der Waals surface area contributed by atoms with Crippen LogP contribution in [0.4, 0.5) is 0 Å². The molecule has 0 aliphatic carbocycles. The van der Waals surface area contributed by atoms with Crippen LogP contribution in [0.5, 0.6) is 0 Å². The summed E-state index contributed by atoms with van der Waals surface area (Å²) in [5.74, 6) is 1.67. The summed E-state index contributed by atoms with van der Waals surface area (Å²) in [7, 11) is 0. The minimum absolute atomic E-state index is 0.541. The van der Waals surface area contributed by atoms with E-state index in [0.29, 0.717) is 17.5 Å². The summed E-state index contributed by atoms with van der Waals surface area (Å²) in [6, 6.07) is 55.8. The lowest BCUT2D eigenvalue weighted by Gasteiger charge is -2.09. The van der Waals surface area contributed by atoms with E-state index in [1.54, 1.807) is 0 Å². The number of para-hydroxylation sites is 2. The molecule has 10 aromatic rings. The van der Waals surface area contributed by atoms with E-state index >= 15 is 0 Å². The van der Waals surface area contributed by atoms with Gasteiger partial charge in [0.15, 0.2) is 17.5 Å². The Morgan fingerprint density at radius 1 is 0.300 bits per heavy atom. The molecule has 3 heterocycles. The number of benzene rings is 7. The van der Waals surface area contributed by atoms with Crippen LogP contribution >= 0.6 is 0 Å². The highest BCUT2D eigenvalue weighted by Crippen LogP contribution is 2.38. The maximum atomic E-state index is 6.41. The first-order chi connectivity index (χ1) is 24.7. The van der Waals surface area contributed by atoms with Gasteiger partial charge in [-0.3, -0.25) is 0 Å². The molecule has 0 radical (unpaired) electrons. The maximum absolute atomic E-state index is 6.41.